The van der Waals surface area contributed by atoms with E-state index < -0.39 is 19.0 Å². The lowest BCUT2D eigenvalue weighted by atomic mass is 10.1. The first-order valence-electron chi connectivity index (χ1n) is 3.81. The maximum atomic E-state index is 11.9. The zero-order valence-electron chi connectivity index (χ0n) is 6.75. The SMILES string of the molecule is OC(CC(F)F)c1ccc(Br)cc1. The van der Waals surface area contributed by atoms with E-state index >= 15 is 0 Å². The van der Waals surface area contributed by atoms with Crippen LogP contribution in [0.2, 0.25) is 0 Å². The second kappa shape index (κ2) is 4.67. The van der Waals surface area contributed by atoms with Crippen molar-refractivity contribution < 1.29 is 13.9 Å². The minimum absolute atomic E-state index is 0.512. The topological polar surface area (TPSA) is 20.2 Å². The van der Waals surface area contributed by atoms with Gasteiger partial charge in [-0.05, 0) is 17.7 Å². The third kappa shape index (κ3) is 3.40. The van der Waals surface area contributed by atoms with E-state index in [1.807, 2.05) is 0 Å². The summed E-state index contributed by atoms with van der Waals surface area (Å²) in [6.45, 7) is 0. The Labute approximate surface area is 83.5 Å². The molecule has 1 aromatic carbocycles. The Kier molecular flexibility index (Phi) is 3.81. The highest BCUT2D eigenvalue weighted by Gasteiger charge is 2.13. The van der Waals surface area contributed by atoms with Crippen LogP contribution in [0, 0.1) is 0 Å². The monoisotopic (exact) mass is 250 g/mol. The first kappa shape index (κ1) is 10.6. The van der Waals surface area contributed by atoms with Crippen molar-refractivity contribution in [3.63, 3.8) is 0 Å². The third-order valence-corrected chi connectivity index (χ3v) is 2.18. The van der Waals surface area contributed by atoms with Gasteiger partial charge in [-0.1, -0.05) is 28.1 Å². The van der Waals surface area contributed by atoms with E-state index in [0.29, 0.717) is 5.56 Å². The molecule has 0 aliphatic heterocycles. The molecule has 0 aliphatic carbocycles. The smallest absolute Gasteiger partial charge is 0.241 e. The molecule has 1 nitrogen and oxygen atoms in total. The highest BCUT2D eigenvalue weighted by Crippen LogP contribution is 2.21. The summed E-state index contributed by atoms with van der Waals surface area (Å²) in [4.78, 5) is 0. The van der Waals surface area contributed by atoms with Gasteiger partial charge in [-0.2, -0.15) is 0 Å². The molecule has 13 heavy (non-hydrogen) atoms. The molecule has 0 amide bonds. The van der Waals surface area contributed by atoms with Crippen LogP contribution in [0.4, 0.5) is 8.78 Å². The second-order valence-electron chi connectivity index (χ2n) is 2.69. The fourth-order valence-corrected chi connectivity index (χ4v) is 1.25. The van der Waals surface area contributed by atoms with Gasteiger partial charge < -0.3 is 5.11 Å². The third-order valence-electron chi connectivity index (χ3n) is 1.66. The molecule has 0 aromatic heterocycles. The lowest BCUT2D eigenvalue weighted by Gasteiger charge is -2.09. The van der Waals surface area contributed by atoms with Crippen molar-refractivity contribution in [1.29, 1.82) is 0 Å². The zero-order chi connectivity index (χ0) is 9.84. The van der Waals surface area contributed by atoms with Gasteiger partial charge in [0.2, 0.25) is 6.43 Å². The Morgan fingerprint density at radius 2 is 1.77 bits per heavy atom. The van der Waals surface area contributed by atoms with Gasteiger partial charge in [0.15, 0.2) is 0 Å². The van der Waals surface area contributed by atoms with Gasteiger partial charge in [-0.3, -0.25) is 0 Å². The van der Waals surface area contributed by atoms with E-state index in [0.717, 1.165) is 4.47 Å². The van der Waals surface area contributed by atoms with Crippen LogP contribution in [0.15, 0.2) is 28.7 Å². The van der Waals surface area contributed by atoms with Crippen LogP contribution >= 0.6 is 15.9 Å². The molecular formula is C9H9BrF2O. The van der Waals surface area contributed by atoms with Crippen molar-refractivity contribution in [2.45, 2.75) is 19.0 Å². The van der Waals surface area contributed by atoms with Crippen molar-refractivity contribution in [3.8, 4) is 0 Å². The Hall–Kier alpha value is -0.480. The summed E-state index contributed by atoms with van der Waals surface area (Å²) in [5, 5.41) is 9.29. The van der Waals surface area contributed by atoms with Crippen molar-refractivity contribution in [1.82, 2.24) is 0 Å². The van der Waals surface area contributed by atoms with Gasteiger partial charge in [0.05, 0.1) is 6.10 Å². The maximum absolute atomic E-state index is 11.9. The highest BCUT2D eigenvalue weighted by molar-refractivity contribution is 9.10. The molecule has 0 radical (unpaired) electrons. The molecule has 72 valence electrons. The first-order valence-corrected chi connectivity index (χ1v) is 4.60. The molecule has 0 heterocycles. The van der Waals surface area contributed by atoms with Crippen molar-refractivity contribution >= 4 is 15.9 Å². The fraction of sp³-hybridized carbons (Fsp3) is 0.333. The van der Waals surface area contributed by atoms with Crippen LogP contribution in [-0.4, -0.2) is 11.5 Å². The molecule has 0 aliphatic rings. The van der Waals surface area contributed by atoms with Gasteiger partial charge >= 0.3 is 0 Å². The van der Waals surface area contributed by atoms with E-state index in [9.17, 15) is 13.9 Å². The van der Waals surface area contributed by atoms with Crippen molar-refractivity contribution in [2.75, 3.05) is 0 Å². The summed E-state index contributed by atoms with van der Waals surface area (Å²) in [5.41, 5.74) is 0.517. The number of aliphatic hydroxyl groups is 1. The van der Waals surface area contributed by atoms with Gasteiger partial charge in [-0.15, -0.1) is 0 Å². The Morgan fingerprint density at radius 3 is 2.23 bits per heavy atom. The van der Waals surface area contributed by atoms with Crippen LogP contribution < -0.4 is 0 Å². The van der Waals surface area contributed by atoms with Gasteiger partial charge in [0.1, 0.15) is 0 Å². The molecule has 4 heteroatoms. The predicted molar refractivity (Wildman–Crippen MR) is 49.7 cm³/mol. The minimum Gasteiger partial charge on any atom is -0.388 e. The molecular weight excluding hydrogens is 242 g/mol. The molecule has 1 atom stereocenters. The Morgan fingerprint density at radius 1 is 1.23 bits per heavy atom. The lowest BCUT2D eigenvalue weighted by molar-refractivity contribution is 0.0611. The molecule has 1 aromatic rings. The minimum atomic E-state index is -2.47. The second-order valence-corrected chi connectivity index (χ2v) is 3.61. The number of alkyl halides is 2. The van der Waals surface area contributed by atoms with Crippen molar-refractivity contribution in [3.05, 3.63) is 34.3 Å². The number of hydrogen-bond acceptors (Lipinski definition) is 1. The number of aliphatic hydroxyl groups excluding tert-OH is 1. The molecule has 1 N–H and O–H groups in total. The molecule has 1 unspecified atom stereocenters. The number of hydrogen-bond donors (Lipinski definition) is 1. The van der Waals surface area contributed by atoms with Gasteiger partial charge in [0.25, 0.3) is 0 Å². The molecule has 0 bridgehead atoms. The summed E-state index contributed by atoms with van der Waals surface area (Å²) in [6.07, 6.45) is -4.06. The largest absolute Gasteiger partial charge is 0.388 e. The summed E-state index contributed by atoms with van der Waals surface area (Å²) < 4.78 is 24.6. The van der Waals surface area contributed by atoms with E-state index in [2.05, 4.69) is 15.9 Å². The zero-order valence-corrected chi connectivity index (χ0v) is 8.34. The first-order chi connectivity index (χ1) is 6.09. The van der Waals surface area contributed by atoms with Crippen LogP contribution in [0.25, 0.3) is 0 Å². The van der Waals surface area contributed by atoms with E-state index in [4.69, 9.17) is 0 Å². The number of benzene rings is 1. The van der Waals surface area contributed by atoms with Crippen LogP contribution in [-0.2, 0) is 0 Å². The highest BCUT2D eigenvalue weighted by atomic mass is 79.9. The summed E-state index contributed by atoms with van der Waals surface area (Å²) in [6, 6.07) is 6.67. The van der Waals surface area contributed by atoms with Crippen LogP contribution in [0.5, 0.6) is 0 Å². The normalized spacial score (nSPS) is 13.3. The summed E-state index contributed by atoms with van der Waals surface area (Å²) in [5.74, 6) is 0. The Balaban J connectivity index is 2.66. The Bertz CT molecular complexity index is 261. The number of halogens is 3. The van der Waals surface area contributed by atoms with Gasteiger partial charge in [0, 0.05) is 10.9 Å². The predicted octanol–water partition coefficient (Wildman–Crippen LogP) is 3.14. The van der Waals surface area contributed by atoms with Gasteiger partial charge in [-0.25, -0.2) is 8.78 Å². The maximum Gasteiger partial charge on any atom is 0.241 e. The van der Waals surface area contributed by atoms with E-state index in [1.54, 1.807) is 24.3 Å². The summed E-state index contributed by atoms with van der Waals surface area (Å²) >= 11 is 3.22. The summed E-state index contributed by atoms with van der Waals surface area (Å²) in [7, 11) is 0. The van der Waals surface area contributed by atoms with E-state index in [-0.39, 0.29) is 0 Å². The standard InChI is InChI=1S/C9H9BrF2O/c10-7-3-1-6(2-4-7)8(13)5-9(11)12/h1-4,8-9,13H,5H2. The molecule has 0 saturated carbocycles. The van der Waals surface area contributed by atoms with Crippen molar-refractivity contribution in [2.24, 2.45) is 0 Å². The van der Waals surface area contributed by atoms with Crippen LogP contribution in [0.1, 0.15) is 18.1 Å². The van der Waals surface area contributed by atoms with E-state index in [1.165, 1.54) is 0 Å². The molecule has 0 saturated heterocycles. The average molecular weight is 251 g/mol. The molecule has 0 fully saturated rings. The lowest BCUT2D eigenvalue weighted by Crippen LogP contribution is -2.03. The molecule has 1 rings (SSSR count). The quantitative estimate of drug-likeness (QED) is 0.874. The molecule has 0 spiro atoms. The van der Waals surface area contributed by atoms with Crippen LogP contribution in [0.3, 0.4) is 0 Å². The number of rotatable bonds is 3. The fourth-order valence-electron chi connectivity index (χ4n) is 0.990. The average Bonchev–Trinajstić information content (AvgIpc) is 2.04.